The summed E-state index contributed by atoms with van der Waals surface area (Å²) in [6, 6.07) is 9.36. The van der Waals surface area contributed by atoms with Gasteiger partial charge in [-0.2, -0.15) is 15.4 Å². The summed E-state index contributed by atoms with van der Waals surface area (Å²) in [7, 11) is 3.57. The Bertz CT molecular complexity index is 1390. The lowest BCUT2D eigenvalue weighted by atomic mass is 9.94. The fourth-order valence-electron chi connectivity index (χ4n) is 3.51. The van der Waals surface area contributed by atoms with E-state index in [0.717, 1.165) is 39.1 Å². The minimum Gasteiger partial charge on any atom is -0.318 e. The van der Waals surface area contributed by atoms with Gasteiger partial charge in [-0.25, -0.2) is 0 Å². The van der Waals surface area contributed by atoms with Crippen LogP contribution in [0.1, 0.15) is 0 Å². The first-order valence-corrected chi connectivity index (χ1v) is 9.18. The van der Waals surface area contributed by atoms with Crippen LogP contribution < -0.4 is 5.56 Å². The third kappa shape index (κ3) is 2.91. The Morgan fingerprint density at radius 1 is 0.933 bits per heavy atom. The van der Waals surface area contributed by atoms with Gasteiger partial charge in [-0.1, -0.05) is 24.3 Å². The number of hydrogen-bond donors (Lipinski definition) is 2. The van der Waals surface area contributed by atoms with E-state index in [1.165, 1.54) is 0 Å². The fraction of sp³-hybridized carbons (Fsp3) is 0.100. The maximum Gasteiger partial charge on any atom is 0.250 e. The Morgan fingerprint density at radius 2 is 1.77 bits per heavy atom. The van der Waals surface area contributed by atoms with Gasteiger partial charge < -0.3 is 4.57 Å². The van der Waals surface area contributed by atoms with Gasteiger partial charge in [0.15, 0.2) is 0 Å². The summed E-state index contributed by atoms with van der Waals surface area (Å²) in [6.07, 6.45) is 7.19. The molecule has 0 amide bonds. The molecule has 0 aliphatic carbocycles. The number of tetrazole rings is 1. The molecule has 10 nitrogen and oxygen atoms in total. The van der Waals surface area contributed by atoms with Crippen molar-refractivity contribution in [1.82, 2.24) is 45.2 Å². The Kier molecular flexibility index (Phi) is 4.09. The number of rotatable bonds is 4. The maximum atomic E-state index is 12.4. The Hall–Kier alpha value is -4.34. The van der Waals surface area contributed by atoms with Crippen molar-refractivity contribution in [2.45, 2.75) is 0 Å². The number of nitrogens with one attached hydrogen (secondary N) is 2. The van der Waals surface area contributed by atoms with Crippen LogP contribution in [0.15, 0.2) is 59.9 Å². The number of pyridine rings is 1. The molecular weight excluding hydrogens is 382 g/mol. The number of nitrogens with zero attached hydrogens (tertiary/aromatic N) is 7. The van der Waals surface area contributed by atoms with Crippen molar-refractivity contribution >= 4 is 0 Å². The molecular formula is C20H17N9O. The van der Waals surface area contributed by atoms with Gasteiger partial charge in [-0.05, 0) is 10.8 Å². The number of benzene rings is 1. The predicted molar refractivity (Wildman–Crippen MR) is 110 cm³/mol. The highest BCUT2D eigenvalue weighted by molar-refractivity contribution is 5.92. The second kappa shape index (κ2) is 6.92. The van der Waals surface area contributed by atoms with Crippen molar-refractivity contribution in [2.24, 2.45) is 14.1 Å². The molecule has 0 spiro atoms. The van der Waals surface area contributed by atoms with Crippen LogP contribution in [0.2, 0.25) is 0 Å². The molecule has 2 N–H and O–H groups in total. The van der Waals surface area contributed by atoms with Crippen molar-refractivity contribution < 1.29 is 0 Å². The number of hydrogen-bond acceptors (Lipinski definition) is 6. The number of H-pyrrole nitrogens is 2. The van der Waals surface area contributed by atoms with Gasteiger partial charge in [0.05, 0.1) is 18.1 Å². The van der Waals surface area contributed by atoms with Gasteiger partial charge in [0.2, 0.25) is 5.82 Å². The van der Waals surface area contributed by atoms with Gasteiger partial charge in [-0.3, -0.25) is 14.6 Å². The summed E-state index contributed by atoms with van der Waals surface area (Å²) in [6.45, 7) is 0. The Balaban J connectivity index is 1.75. The highest BCUT2D eigenvalue weighted by Crippen LogP contribution is 2.38. The summed E-state index contributed by atoms with van der Waals surface area (Å²) < 4.78 is 3.26. The summed E-state index contributed by atoms with van der Waals surface area (Å²) in [5.74, 6) is 0.485. The van der Waals surface area contributed by atoms with Gasteiger partial charge in [0, 0.05) is 60.4 Å². The van der Waals surface area contributed by atoms with Crippen molar-refractivity contribution in [3.05, 3.63) is 65.5 Å². The number of aromatic nitrogens is 9. The highest BCUT2D eigenvalue weighted by atomic mass is 16.1. The third-order valence-electron chi connectivity index (χ3n) is 4.96. The molecule has 0 unspecified atom stereocenters. The molecule has 5 rings (SSSR count). The topological polar surface area (TPSA) is 123 Å². The smallest absolute Gasteiger partial charge is 0.250 e. The van der Waals surface area contributed by atoms with E-state index < -0.39 is 0 Å². The molecule has 0 saturated carbocycles. The van der Waals surface area contributed by atoms with Crippen molar-refractivity contribution in [2.75, 3.05) is 0 Å². The first kappa shape index (κ1) is 17.7. The summed E-state index contributed by atoms with van der Waals surface area (Å²) in [5.41, 5.74) is 5.71. The average Bonchev–Trinajstić information content (AvgIpc) is 3.51. The molecule has 30 heavy (non-hydrogen) atoms. The van der Waals surface area contributed by atoms with Crippen molar-refractivity contribution in [3.8, 4) is 44.9 Å². The van der Waals surface area contributed by atoms with E-state index in [0.29, 0.717) is 5.82 Å². The monoisotopic (exact) mass is 399 g/mol. The largest absolute Gasteiger partial charge is 0.318 e. The zero-order chi connectivity index (χ0) is 20.7. The zero-order valence-electron chi connectivity index (χ0n) is 16.2. The minimum absolute atomic E-state index is 0.102. The van der Waals surface area contributed by atoms with E-state index in [1.54, 1.807) is 34.8 Å². The van der Waals surface area contributed by atoms with Crippen LogP contribution in [0.5, 0.6) is 0 Å². The van der Waals surface area contributed by atoms with E-state index in [4.69, 9.17) is 0 Å². The third-order valence-corrected chi connectivity index (χ3v) is 4.96. The Labute approximate surface area is 170 Å². The van der Waals surface area contributed by atoms with E-state index in [9.17, 15) is 4.79 Å². The minimum atomic E-state index is -0.102. The standard InChI is InChI=1S/C20H17N9O/c1-28-11-17(15(7-18(28)30)12-8-22-29(2)10-12)16-9-21-23-19(16)13-5-3-4-6-14(13)20-24-26-27-25-20/h3-11H,1-2H3,(H,21,23)(H,24,25,26,27). The zero-order valence-corrected chi connectivity index (χ0v) is 16.2. The molecule has 0 bridgehead atoms. The second-order valence-electron chi connectivity index (χ2n) is 6.89. The molecule has 0 saturated heterocycles. The maximum absolute atomic E-state index is 12.4. The lowest BCUT2D eigenvalue weighted by Crippen LogP contribution is -2.15. The van der Waals surface area contributed by atoms with Crippen LogP contribution in [0.25, 0.3) is 44.9 Å². The SMILES string of the molecule is Cn1cc(-c2cc(=O)n(C)cc2-c2cn[nH]c2-c2ccccc2-c2nn[nH]n2)cn1. The number of aromatic amines is 2. The Morgan fingerprint density at radius 3 is 2.50 bits per heavy atom. The first-order valence-electron chi connectivity index (χ1n) is 9.18. The molecule has 5 aromatic rings. The van der Waals surface area contributed by atoms with Gasteiger partial charge >= 0.3 is 0 Å². The summed E-state index contributed by atoms with van der Waals surface area (Å²) >= 11 is 0. The normalized spacial score (nSPS) is 11.1. The van der Waals surface area contributed by atoms with E-state index in [1.807, 2.05) is 43.7 Å². The van der Waals surface area contributed by atoms with Gasteiger partial charge in [0.1, 0.15) is 0 Å². The lowest BCUT2D eigenvalue weighted by molar-refractivity contribution is 0.768. The predicted octanol–water partition coefficient (Wildman–Crippen LogP) is 2.02. The molecule has 1 aromatic carbocycles. The molecule has 0 aliphatic rings. The second-order valence-corrected chi connectivity index (χ2v) is 6.89. The quantitative estimate of drug-likeness (QED) is 0.477. The molecule has 4 heterocycles. The molecule has 4 aromatic heterocycles. The van der Waals surface area contributed by atoms with E-state index >= 15 is 0 Å². The average molecular weight is 399 g/mol. The summed E-state index contributed by atoms with van der Waals surface area (Å²) in [4.78, 5) is 12.4. The lowest BCUT2D eigenvalue weighted by Gasteiger charge is -2.12. The van der Waals surface area contributed by atoms with Gasteiger partial charge in [0.25, 0.3) is 5.56 Å². The van der Waals surface area contributed by atoms with E-state index in [2.05, 4.69) is 35.9 Å². The van der Waals surface area contributed by atoms with Crippen LogP contribution in [-0.4, -0.2) is 45.2 Å². The molecule has 10 heteroatoms. The van der Waals surface area contributed by atoms with Crippen LogP contribution >= 0.6 is 0 Å². The van der Waals surface area contributed by atoms with Crippen LogP contribution in [0.3, 0.4) is 0 Å². The first-order chi connectivity index (χ1) is 14.6. The van der Waals surface area contributed by atoms with Crippen LogP contribution in [0.4, 0.5) is 0 Å². The molecule has 0 aliphatic heterocycles. The number of aryl methyl sites for hydroxylation is 2. The highest BCUT2D eigenvalue weighted by Gasteiger charge is 2.20. The van der Waals surface area contributed by atoms with Gasteiger partial charge in [-0.15, -0.1) is 10.2 Å². The van der Waals surface area contributed by atoms with Crippen LogP contribution in [0, 0.1) is 0 Å². The molecule has 0 fully saturated rings. The molecule has 0 atom stereocenters. The van der Waals surface area contributed by atoms with Crippen LogP contribution in [-0.2, 0) is 14.1 Å². The van der Waals surface area contributed by atoms with Crippen molar-refractivity contribution in [1.29, 1.82) is 0 Å². The fourth-order valence-corrected chi connectivity index (χ4v) is 3.51. The van der Waals surface area contributed by atoms with E-state index in [-0.39, 0.29) is 5.56 Å². The molecule has 148 valence electrons. The summed E-state index contributed by atoms with van der Waals surface area (Å²) in [5, 5.41) is 26.0. The molecule has 0 radical (unpaired) electrons. The van der Waals surface area contributed by atoms with Crippen molar-refractivity contribution in [3.63, 3.8) is 0 Å².